The van der Waals surface area contributed by atoms with Gasteiger partial charge < -0.3 is 0 Å². The van der Waals surface area contributed by atoms with Gasteiger partial charge in [0.15, 0.2) is 0 Å². The molecule has 1 amide bonds. The number of benzene rings is 2. The smallest absolute Gasteiger partial charge is 0.291 e. The van der Waals surface area contributed by atoms with Gasteiger partial charge in [-0.2, -0.15) is 0 Å². The minimum absolute atomic E-state index is 0.0892. The van der Waals surface area contributed by atoms with Gasteiger partial charge in [-0.3, -0.25) is 19.5 Å². The van der Waals surface area contributed by atoms with Gasteiger partial charge in [0, 0.05) is 24.7 Å². The molecule has 27 heavy (non-hydrogen) atoms. The molecule has 1 N–H and O–H groups in total. The maximum atomic E-state index is 12.8. The fraction of sp³-hybridized carbons (Fsp3) is 0.200. The van der Waals surface area contributed by atoms with Crippen LogP contribution in [0.15, 0.2) is 64.5 Å². The molecule has 1 aliphatic rings. The first-order valence-electron chi connectivity index (χ1n) is 8.68. The number of hydrogen-bond acceptors (Lipinski definition) is 4. The zero-order valence-corrected chi connectivity index (χ0v) is 15.9. The molecule has 3 aromatic rings. The average Bonchev–Trinajstić information content (AvgIpc) is 2.67. The first kappa shape index (κ1) is 17.5. The minimum Gasteiger partial charge on any atom is -0.291 e. The Morgan fingerprint density at radius 2 is 1.89 bits per heavy atom. The van der Waals surface area contributed by atoms with Crippen LogP contribution >= 0.6 is 11.8 Å². The van der Waals surface area contributed by atoms with Gasteiger partial charge in [0.1, 0.15) is 0 Å². The van der Waals surface area contributed by atoms with Crippen LogP contribution in [-0.4, -0.2) is 16.0 Å². The van der Waals surface area contributed by atoms with Crippen molar-refractivity contribution >= 4 is 23.4 Å². The number of nitrogens with zero attached hydrogens (tertiary/aromatic N) is 3. The summed E-state index contributed by atoms with van der Waals surface area (Å²) in [5.74, 6) is 0.610. The molecule has 0 bridgehead atoms. The molecule has 1 atom stereocenters. The Bertz CT molecular complexity index is 1070. The summed E-state index contributed by atoms with van der Waals surface area (Å²) in [6.45, 7) is 3.40. The van der Waals surface area contributed by atoms with Gasteiger partial charge in [0.05, 0.1) is 11.3 Å². The summed E-state index contributed by atoms with van der Waals surface area (Å²) in [6, 6.07) is 17.4. The first-order valence-corrected chi connectivity index (χ1v) is 9.67. The van der Waals surface area contributed by atoms with E-state index >= 15 is 0 Å². The summed E-state index contributed by atoms with van der Waals surface area (Å²) in [7, 11) is 0. The SMILES string of the molecule is CC(=O)N1c2ccccc2-c2c(=O)[nH]c(SCc3ccccc3)n[n+]2C1C. The second-order valence-electron chi connectivity index (χ2n) is 6.36. The molecule has 6 nitrogen and oxygen atoms in total. The lowest BCUT2D eigenvalue weighted by atomic mass is 10.1. The number of aromatic amines is 1. The van der Waals surface area contributed by atoms with Crippen molar-refractivity contribution in [1.82, 2.24) is 10.1 Å². The Kier molecular flexibility index (Phi) is 4.53. The number of aromatic nitrogens is 3. The second-order valence-corrected chi connectivity index (χ2v) is 7.33. The lowest BCUT2D eigenvalue weighted by Crippen LogP contribution is -2.59. The minimum atomic E-state index is -0.384. The average molecular weight is 379 g/mol. The molecule has 2 heterocycles. The Labute approximate surface area is 160 Å². The molecule has 1 unspecified atom stereocenters. The van der Waals surface area contributed by atoms with Crippen molar-refractivity contribution in [2.45, 2.75) is 30.9 Å². The molecular weight excluding hydrogens is 360 g/mol. The molecule has 0 saturated heterocycles. The van der Waals surface area contributed by atoms with Gasteiger partial charge >= 0.3 is 11.3 Å². The summed E-state index contributed by atoms with van der Waals surface area (Å²) < 4.78 is 1.65. The van der Waals surface area contributed by atoms with Gasteiger partial charge in [0.25, 0.3) is 6.17 Å². The molecule has 1 aliphatic heterocycles. The first-order chi connectivity index (χ1) is 13.1. The van der Waals surface area contributed by atoms with Gasteiger partial charge in [-0.25, -0.2) is 0 Å². The van der Waals surface area contributed by atoms with Crippen LogP contribution in [0.5, 0.6) is 0 Å². The molecule has 0 radical (unpaired) electrons. The van der Waals surface area contributed by atoms with E-state index in [9.17, 15) is 9.59 Å². The summed E-state index contributed by atoms with van der Waals surface area (Å²) in [4.78, 5) is 29.7. The predicted octanol–water partition coefficient (Wildman–Crippen LogP) is 2.90. The number of anilines is 1. The van der Waals surface area contributed by atoms with E-state index in [-0.39, 0.29) is 17.6 Å². The van der Waals surface area contributed by atoms with E-state index in [2.05, 4.69) is 10.1 Å². The van der Waals surface area contributed by atoms with Crippen LogP contribution in [0.1, 0.15) is 25.6 Å². The third-order valence-electron chi connectivity index (χ3n) is 4.57. The van der Waals surface area contributed by atoms with E-state index in [1.165, 1.54) is 18.7 Å². The van der Waals surface area contributed by atoms with Crippen LogP contribution in [0.4, 0.5) is 5.69 Å². The van der Waals surface area contributed by atoms with Crippen molar-refractivity contribution in [2.24, 2.45) is 0 Å². The number of H-pyrrole nitrogens is 1. The van der Waals surface area contributed by atoms with Crippen LogP contribution in [-0.2, 0) is 10.5 Å². The maximum absolute atomic E-state index is 12.8. The number of thioether (sulfide) groups is 1. The monoisotopic (exact) mass is 379 g/mol. The summed E-state index contributed by atoms with van der Waals surface area (Å²) in [6.07, 6.45) is -0.384. The van der Waals surface area contributed by atoms with Crippen LogP contribution in [0.2, 0.25) is 0 Å². The fourth-order valence-corrected chi connectivity index (χ4v) is 4.17. The van der Waals surface area contributed by atoms with Crippen LogP contribution in [0, 0.1) is 0 Å². The molecule has 7 heteroatoms. The predicted molar refractivity (Wildman–Crippen MR) is 104 cm³/mol. The fourth-order valence-electron chi connectivity index (χ4n) is 3.37. The maximum Gasteiger partial charge on any atom is 0.325 e. The molecule has 0 aliphatic carbocycles. The Balaban J connectivity index is 1.77. The molecule has 2 aromatic carbocycles. The van der Waals surface area contributed by atoms with Crippen molar-refractivity contribution in [3.8, 4) is 11.3 Å². The summed E-state index contributed by atoms with van der Waals surface area (Å²) in [5, 5.41) is 5.16. The highest BCUT2D eigenvalue weighted by atomic mass is 32.2. The molecule has 0 saturated carbocycles. The third kappa shape index (κ3) is 3.14. The quantitative estimate of drug-likeness (QED) is 0.561. The van der Waals surface area contributed by atoms with Gasteiger partial charge in [-0.15, -0.1) is 0 Å². The Morgan fingerprint density at radius 1 is 1.19 bits per heavy atom. The Hall–Kier alpha value is -2.93. The largest absolute Gasteiger partial charge is 0.325 e. The van der Waals surface area contributed by atoms with Crippen LogP contribution in [0.3, 0.4) is 0 Å². The normalized spacial score (nSPS) is 15.2. The van der Waals surface area contributed by atoms with Crippen LogP contribution < -0.4 is 15.1 Å². The highest BCUT2D eigenvalue weighted by molar-refractivity contribution is 7.98. The highest BCUT2D eigenvalue weighted by Gasteiger charge is 2.40. The number of carbonyl (C=O) groups is 1. The number of amides is 1. The van der Waals surface area contributed by atoms with Crippen molar-refractivity contribution in [3.05, 3.63) is 70.5 Å². The van der Waals surface area contributed by atoms with Crippen molar-refractivity contribution in [1.29, 1.82) is 0 Å². The molecule has 0 spiro atoms. The standard InChI is InChI=1S/C20H18N4O2S/c1-13-23(14(2)25)17-11-7-6-10-16(17)18-19(26)21-20(22-24(13)18)27-12-15-8-4-3-5-9-15/h3-11,13H,12H2,1-2H3/p+1. The number of rotatable bonds is 3. The Morgan fingerprint density at radius 3 is 2.63 bits per heavy atom. The van der Waals surface area contributed by atoms with E-state index in [0.717, 1.165) is 11.3 Å². The van der Waals surface area contributed by atoms with Gasteiger partial charge in [-0.1, -0.05) is 58.9 Å². The summed E-state index contributed by atoms with van der Waals surface area (Å²) in [5.41, 5.74) is 2.85. The number of fused-ring (bicyclic) bond motifs is 3. The molecule has 136 valence electrons. The molecule has 4 rings (SSSR count). The van der Waals surface area contributed by atoms with Gasteiger partial charge in [-0.05, 0) is 17.7 Å². The topological polar surface area (TPSA) is 69.9 Å². The van der Waals surface area contributed by atoms with E-state index in [4.69, 9.17) is 0 Å². The molecular formula is C20H19N4O2S+. The number of para-hydroxylation sites is 1. The van der Waals surface area contributed by atoms with Crippen molar-refractivity contribution < 1.29 is 9.48 Å². The highest BCUT2D eigenvalue weighted by Crippen LogP contribution is 2.34. The molecule has 1 aromatic heterocycles. The zero-order valence-electron chi connectivity index (χ0n) is 15.0. The number of nitrogens with one attached hydrogen (secondary N) is 1. The van der Waals surface area contributed by atoms with Crippen molar-refractivity contribution in [3.63, 3.8) is 0 Å². The van der Waals surface area contributed by atoms with E-state index in [1.54, 1.807) is 9.58 Å². The van der Waals surface area contributed by atoms with Gasteiger partial charge in [0.2, 0.25) is 11.1 Å². The van der Waals surface area contributed by atoms with Crippen LogP contribution in [0.25, 0.3) is 11.3 Å². The number of carbonyl (C=O) groups excluding carboxylic acids is 1. The molecule has 0 fully saturated rings. The van der Waals surface area contributed by atoms with E-state index < -0.39 is 0 Å². The number of hydrogen-bond donors (Lipinski definition) is 1. The zero-order chi connectivity index (χ0) is 19.0. The van der Waals surface area contributed by atoms with E-state index in [1.807, 2.05) is 61.5 Å². The second kappa shape index (κ2) is 7.00. The summed E-state index contributed by atoms with van der Waals surface area (Å²) >= 11 is 1.46. The van der Waals surface area contributed by atoms with Crippen molar-refractivity contribution in [2.75, 3.05) is 4.90 Å². The lowest BCUT2D eigenvalue weighted by molar-refractivity contribution is -0.768. The lowest BCUT2D eigenvalue weighted by Gasteiger charge is -2.29. The van der Waals surface area contributed by atoms with E-state index in [0.29, 0.717) is 22.2 Å². The third-order valence-corrected chi connectivity index (χ3v) is 5.50.